The van der Waals surface area contributed by atoms with Gasteiger partial charge < -0.3 is 24.4 Å². The summed E-state index contributed by atoms with van der Waals surface area (Å²) in [6.45, 7) is 10.8. The Balaban J connectivity index is 1.58. The van der Waals surface area contributed by atoms with Gasteiger partial charge in [0.2, 0.25) is 0 Å². The Morgan fingerprint density at radius 3 is 2.71 bits per heavy atom. The first-order valence-electron chi connectivity index (χ1n) is 14.4. The van der Waals surface area contributed by atoms with Gasteiger partial charge in [-0.15, -0.1) is 0 Å². The first-order valence-corrected chi connectivity index (χ1v) is 14.4. The summed E-state index contributed by atoms with van der Waals surface area (Å²) in [6.07, 6.45) is 12.9. The lowest BCUT2D eigenvalue weighted by molar-refractivity contribution is -0.377. The van der Waals surface area contributed by atoms with Crippen molar-refractivity contribution in [1.29, 1.82) is 0 Å². The number of hydrogen-bond acceptors (Lipinski definition) is 7. The molecule has 10 atom stereocenters. The van der Waals surface area contributed by atoms with Gasteiger partial charge in [-0.05, 0) is 75.5 Å². The summed E-state index contributed by atoms with van der Waals surface area (Å²) in [6, 6.07) is 0. The number of rotatable bonds is 5. The summed E-state index contributed by atoms with van der Waals surface area (Å²) < 4.78 is 18.0. The van der Waals surface area contributed by atoms with E-state index in [-0.39, 0.29) is 31.0 Å². The van der Waals surface area contributed by atoms with Crippen molar-refractivity contribution in [3.63, 3.8) is 0 Å². The lowest BCUT2D eigenvalue weighted by Gasteiger charge is -2.42. The molecule has 0 saturated carbocycles. The Morgan fingerprint density at radius 1 is 1.16 bits per heavy atom. The lowest BCUT2D eigenvalue weighted by atomic mass is 9.76. The molecule has 3 unspecified atom stereocenters. The predicted octanol–water partition coefficient (Wildman–Crippen LogP) is 4.98. The van der Waals surface area contributed by atoms with E-state index in [1.165, 1.54) is 5.57 Å². The zero-order valence-electron chi connectivity index (χ0n) is 24.0. The monoisotopic (exact) mass is 532 g/mol. The zero-order valence-corrected chi connectivity index (χ0v) is 24.0. The number of ether oxygens (including phenoxy) is 3. The van der Waals surface area contributed by atoms with Crippen molar-refractivity contribution in [3.05, 3.63) is 47.1 Å². The maximum Gasteiger partial charge on any atom is 0.150 e. The number of methoxy groups -OCH3 is 1. The normalized spacial score (nSPS) is 42.2. The maximum atomic E-state index is 11.9. The number of aliphatic hydroxyl groups excluding tert-OH is 1. The van der Waals surface area contributed by atoms with E-state index >= 15 is 0 Å². The third-order valence-corrected chi connectivity index (χ3v) is 8.93. The first kappa shape index (κ1) is 29.7. The molecule has 2 bridgehead atoms. The molecule has 0 aromatic carbocycles. The van der Waals surface area contributed by atoms with Crippen molar-refractivity contribution in [3.8, 4) is 0 Å². The Labute approximate surface area is 228 Å². The first-order chi connectivity index (χ1) is 18.1. The quantitative estimate of drug-likeness (QED) is 0.381. The van der Waals surface area contributed by atoms with Crippen LogP contribution >= 0.6 is 0 Å². The molecule has 3 aliphatic heterocycles. The molecular formula is C31H48O7. The minimum absolute atomic E-state index is 0.0396. The maximum absolute atomic E-state index is 11.9. The van der Waals surface area contributed by atoms with Gasteiger partial charge in [-0.1, -0.05) is 43.7 Å². The number of hydrogen-bond donors (Lipinski definition) is 2. The topological polar surface area (TPSA) is 86.6 Å². The van der Waals surface area contributed by atoms with Gasteiger partial charge in [0.15, 0.2) is 0 Å². The van der Waals surface area contributed by atoms with Gasteiger partial charge in [0.1, 0.15) is 23.9 Å². The molecule has 0 aromatic heterocycles. The van der Waals surface area contributed by atoms with E-state index < -0.39 is 23.9 Å². The standard InChI is InChI=1S/C31H48O7/c1-19-8-7-9-24-18-35-30-29(32)22(4)15-28(31(24,30)33)38-37-27-16-25(12-10-20(2)14-19)36-26(17-27)13-11-21(3)23(5)34-6/h7-10,15,19,21,23,25-30,32-33H,11-14,16-18H2,1-6H3/b8-7+,20-10+,24-9?/t19-,21-,23+,25+,26?,27-,28+,29?,30?,31+/m0/s1. The third-order valence-electron chi connectivity index (χ3n) is 8.93. The smallest absolute Gasteiger partial charge is 0.150 e. The highest BCUT2D eigenvalue weighted by Crippen LogP contribution is 2.43. The summed E-state index contributed by atoms with van der Waals surface area (Å²) in [4.78, 5) is 12.1. The molecule has 2 fully saturated rings. The van der Waals surface area contributed by atoms with E-state index in [4.69, 9.17) is 24.0 Å². The highest BCUT2D eigenvalue weighted by Gasteiger charge is 2.58. The fourth-order valence-corrected chi connectivity index (χ4v) is 6.16. The highest BCUT2D eigenvalue weighted by atomic mass is 17.2. The SMILES string of the molecule is CO[C@H](C)[C@@H](C)CCC1C[C@@H]2C[C@@H](C/C=C(\C)C[C@@H](C)/C=C/C=C3COC4C(O)C(C)=C[C@@H](OO2)[C@]34O)O1. The van der Waals surface area contributed by atoms with Crippen LogP contribution in [0.25, 0.3) is 0 Å². The van der Waals surface area contributed by atoms with Crippen LogP contribution in [0, 0.1) is 11.8 Å². The molecule has 2 N–H and O–H groups in total. The molecule has 1 aliphatic carbocycles. The zero-order chi connectivity index (χ0) is 27.4. The largest absolute Gasteiger partial charge is 0.386 e. The van der Waals surface area contributed by atoms with Crippen molar-refractivity contribution in [2.24, 2.45) is 11.8 Å². The fourth-order valence-electron chi connectivity index (χ4n) is 6.16. The molecule has 4 rings (SSSR count). The molecule has 7 heteroatoms. The van der Waals surface area contributed by atoms with Crippen molar-refractivity contribution < 1.29 is 34.2 Å². The van der Waals surface area contributed by atoms with Crippen LogP contribution in [0.4, 0.5) is 0 Å². The number of allylic oxidation sites excluding steroid dienone is 4. The van der Waals surface area contributed by atoms with Gasteiger partial charge in [0, 0.05) is 20.0 Å². The van der Waals surface area contributed by atoms with Crippen molar-refractivity contribution in [2.45, 2.75) is 121 Å². The van der Waals surface area contributed by atoms with Gasteiger partial charge in [-0.25, -0.2) is 9.78 Å². The van der Waals surface area contributed by atoms with E-state index in [9.17, 15) is 10.2 Å². The van der Waals surface area contributed by atoms with Crippen LogP contribution < -0.4 is 0 Å². The van der Waals surface area contributed by atoms with Gasteiger partial charge in [0.05, 0.1) is 31.0 Å². The van der Waals surface area contributed by atoms with E-state index in [0.717, 1.165) is 38.5 Å². The minimum atomic E-state index is -1.50. The molecule has 214 valence electrons. The molecule has 0 radical (unpaired) electrons. The van der Waals surface area contributed by atoms with E-state index in [1.807, 2.05) is 19.1 Å². The molecule has 7 nitrogen and oxygen atoms in total. The number of fused-ring (bicyclic) bond motifs is 2. The summed E-state index contributed by atoms with van der Waals surface area (Å²) in [5.74, 6) is 0.776. The lowest BCUT2D eigenvalue weighted by Crippen LogP contribution is -2.58. The Morgan fingerprint density at radius 2 is 1.95 bits per heavy atom. The second-order valence-corrected chi connectivity index (χ2v) is 12.0. The van der Waals surface area contributed by atoms with Crippen molar-refractivity contribution in [2.75, 3.05) is 13.7 Å². The van der Waals surface area contributed by atoms with E-state index in [2.05, 4.69) is 39.8 Å². The van der Waals surface area contributed by atoms with Crippen LogP contribution in [-0.2, 0) is 24.0 Å². The summed E-state index contributed by atoms with van der Waals surface area (Å²) in [5, 5.41) is 22.7. The van der Waals surface area contributed by atoms with Gasteiger partial charge in [-0.2, -0.15) is 0 Å². The Hall–Kier alpha value is -1.32. The van der Waals surface area contributed by atoms with Crippen molar-refractivity contribution in [1.82, 2.24) is 0 Å². The molecule has 38 heavy (non-hydrogen) atoms. The van der Waals surface area contributed by atoms with E-state index in [0.29, 0.717) is 23.0 Å². The second-order valence-electron chi connectivity index (χ2n) is 12.0. The van der Waals surface area contributed by atoms with Crippen LogP contribution in [-0.4, -0.2) is 72.3 Å². The van der Waals surface area contributed by atoms with Crippen molar-refractivity contribution >= 4 is 0 Å². The minimum Gasteiger partial charge on any atom is -0.386 e. The third kappa shape index (κ3) is 6.69. The van der Waals surface area contributed by atoms with Crippen LogP contribution in [0.3, 0.4) is 0 Å². The molecular weight excluding hydrogens is 484 g/mol. The summed E-state index contributed by atoms with van der Waals surface area (Å²) in [7, 11) is 1.76. The average Bonchev–Trinajstić information content (AvgIpc) is 3.23. The molecule has 4 aliphatic rings. The van der Waals surface area contributed by atoms with Gasteiger partial charge >= 0.3 is 0 Å². The van der Waals surface area contributed by atoms with Crippen LogP contribution in [0.15, 0.2) is 47.1 Å². The highest BCUT2D eigenvalue weighted by molar-refractivity contribution is 5.38. The molecule has 2 saturated heterocycles. The second kappa shape index (κ2) is 12.9. The average molecular weight is 533 g/mol. The number of aliphatic hydroxyl groups is 2. The van der Waals surface area contributed by atoms with Crippen LogP contribution in [0.2, 0.25) is 0 Å². The predicted molar refractivity (Wildman–Crippen MR) is 146 cm³/mol. The summed E-state index contributed by atoms with van der Waals surface area (Å²) >= 11 is 0. The Bertz CT molecular complexity index is 923. The molecule has 0 amide bonds. The Kier molecular flexibility index (Phi) is 10.1. The molecule has 0 spiro atoms. The fraction of sp³-hybridized carbons (Fsp3) is 0.742. The van der Waals surface area contributed by atoms with Crippen LogP contribution in [0.5, 0.6) is 0 Å². The summed E-state index contributed by atoms with van der Waals surface area (Å²) in [5.41, 5.74) is 1.22. The van der Waals surface area contributed by atoms with Gasteiger partial charge in [0.25, 0.3) is 0 Å². The van der Waals surface area contributed by atoms with Crippen LogP contribution in [0.1, 0.15) is 73.1 Å². The molecule has 0 aromatic rings. The molecule has 3 heterocycles. The van der Waals surface area contributed by atoms with E-state index in [1.54, 1.807) is 13.2 Å². The van der Waals surface area contributed by atoms with Gasteiger partial charge in [-0.3, -0.25) is 0 Å².